The molecule has 196 valence electrons. The van der Waals surface area contributed by atoms with Gasteiger partial charge in [-0.25, -0.2) is 24.1 Å². The van der Waals surface area contributed by atoms with Crippen LogP contribution in [0.2, 0.25) is 0 Å². The standard InChI is InChI=1S/C26H30FN5O5/c1-16(33)37-26(3)19(13-35-23(34)17-9-5-4-6-10-17)36-24(25(26,2)27)32-15-30-20-21(28-14-29-22(20)32)31-18-11-7-8-12-18/h4-6,9-10,14-15,18-19,24H,7-8,11-13H2,1-3H3,(H,28,29,31)/t19-,24+,25+,26-/m1/s1. The molecule has 0 spiro atoms. The van der Waals surface area contributed by atoms with Crippen LogP contribution in [0.3, 0.4) is 0 Å². The number of ether oxygens (including phenoxy) is 3. The van der Waals surface area contributed by atoms with Crippen LogP contribution < -0.4 is 5.32 Å². The Morgan fingerprint density at radius 2 is 1.89 bits per heavy atom. The van der Waals surface area contributed by atoms with Gasteiger partial charge in [0, 0.05) is 13.0 Å². The summed E-state index contributed by atoms with van der Waals surface area (Å²) in [7, 11) is 0. The molecule has 0 bridgehead atoms. The summed E-state index contributed by atoms with van der Waals surface area (Å²) in [6, 6.07) is 8.72. The largest absolute Gasteiger partial charge is 0.459 e. The van der Waals surface area contributed by atoms with E-state index in [-0.39, 0.29) is 6.61 Å². The summed E-state index contributed by atoms with van der Waals surface area (Å²) in [6.45, 7) is 3.60. The van der Waals surface area contributed by atoms with Gasteiger partial charge in [-0.2, -0.15) is 0 Å². The summed E-state index contributed by atoms with van der Waals surface area (Å²) in [6.07, 6.45) is 4.87. The number of aromatic nitrogens is 4. The number of nitrogens with zero attached hydrogens (tertiary/aromatic N) is 4. The molecule has 1 saturated carbocycles. The van der Waals surface area contributed by atoms with Gasteiger partial charge in [-0.3, -0.25) is 9.36 Å². The fourth-order valence-electron chi connectivity index (χ4n) is 5.16. The van der Waals surface area contributed by atoms with Gasteiger partial charge in [-0.05, 0) is 38.8 Å². The number of hydrogen-bond donors (Lipinski definition) is 1. The van der Waals surface area contributed by atoms with Crippen molar-refractivity contribution >= 4 is 28.9 Å². The Kier molecular flexibility index (Phi) is 6.57. The number of carbonyl (C=O) groups excluding carboxylic acids is 2. The fourth-order valence-corrected chi connectivity index (χ4v) is 5.16. The number of alkyl halides is 1. The van der Waals surface area contributed by atoms with E-state index >= 15 is 4.39 Å². The average molecular weight is 512 g/mol. The number of benzene rings is 1. The highest BCUT2D eigenvalue weighted by atomic mass is 19.1. The number of rotatable bonds is 7. The lowest BCUT2D eigenvalue weighted by Crippen LogP contribution is -2.55. The summed E-state index contributed by atoms with van der Waals surface area (Å²) in [5.74, 6) is -0.706. The van der Waals surface area contributed by atoms with E-state index in [0.29, 0.717) is 28.6 Å². The molecule has 11 heteroatoms. The maximum Gasteiger partial charge on any atom is 0.338 e. The summed E-state index contributed by atoms with van der Waals surface area (Å²) >= 11 is 0. The molecule has 5 rings (SSSR count). The summed E-state index contributed by atoms with van der Waals surface area (Å²) in [4.78, 5) is 37.7. The maximum absolute atomic E-state index is 16.7. The Bertz CT molecular complexity index is 1290. The molecule has 1 N–H and O–H groups in total. The minimum Gasteiger partial charge on any atom is -0.459 e. The van der Waals surface area contributed by atoms with Crippen molar-refractivity contribution in [3.05, 3.63) is 48.5 Å². The second-order valence-electron chi connectivity index (χ2n) is 9.89. The van der Waals surface area contributed by atoms with Gasteiger partial charge >= 0.3 is 11.9 Å². The molecule has 2 fully saturated rings. The van der Waals surface area contributed by atoms with E-state index in [1.165, 1.54) is 38.0 Å². The molecular weight excluding hydrogens is 481 g/mol. The van der Waals surface area contributed by atoms with Gasteiger partial charge in [-0.15, -0.1) is 0 Å². The van der Waals surface area contributed by atoms with Gasteiger partial charge in [0.2, 0.25) is 0 Å². The number of hydrogen-bond acceptors (Lipinski definition) is 9. The Morgan fingerprint density at radius 1 is 1.16 bits per heavy atom. The monoisotopic (exact) mass is 511 g/mol. The maximum atomic E-state index is 16.7. The smallest absolute Gasteiger partial charge is 0.338 e. The van der Waals surface area contributed by atoms with Crippen LogP contribution in [0.25, 0.3) is 11.2 Å². The minimum absolute atomic E-state index is 0.299. The van der Waals surface area contributed by atoms with Crippen molar-refractivity contribution in [1.29, 1.82) is 0 Å². The second-order valence-corrected chi connectivity index (χ2v) is 9.89. The lowest BCUT2D eigenvalue weighted by atomic mass is 9.84. The van der Waals surface area contributed by atoms with Crippen molar-refractivity contribution in [3.63, 3.8) is 0 Å². The Balaban J connectivity index is 1.44. The van der Waals surface area contributed by atoms with Gasteiger partial charge in [0.1, 0.15) is 19.0 Å². The van der Waals surface area contributed by atoms with Crippen LogP contribution in [-0.4, -0.2) is 61.5 Å². The SMILES string of the molecule is CC(=O)O[C@]1(C)[C@@H](COC(=O)c2ccccc2)O[C@H](n2cnc3c(NC4CCCC4)ncnc32)[C@]1(C)F. The topological polar surface area (TPSA) is 117 Å². The number of nitrogens with one attached hydrogen (secondary N) is 1. The van der Waals surface area contributed by atoms with Gasteiger partial charge in [0.15, 0.2) is 34.5 Å². The molecule has 2 aromatic heterocycles. The molecule has 1 aliphatic heterocycles. The minimum atomic E-state index is -2.24. The molecule has 0 unspecified atom stereocenters. The number of imidazole rings is 1. The fraction of sp³-hybridized carbons (Fsp3) is 0.500. The van der Waals surface area contributed by atoms with E-state index in [4.69, 9.17) is 14.2 Å². The van der Waals surface area contributed by atoms with Gasteiger partial charge in [0.25, 0.3) is 0 Å². The second kappa shape index (κ2) is 9.70. The van der Waals surface area contributed by atoms with Crippen molar-refractivity contribution in [3.8, 4) is 0 Å². The van der Waals surface area contributed by atoms with Crippen LogP contribution in [0.5, 0.6) is 0 Å². The lowest BCUT2D eigenvalue weighted by molar-refractivity contribution is -0.175. The Morgan fingerprint density at radius 3 is 2.59 bits per heavy atom. The Labute approximate surface area is 213 Å². The van der Waals surface area contributed by atoms with E-state index in [2.05, 4.69) is 20.3 Å². The number of halogens is 1. The molecule has 10 nitrogen and oxygen atoms in total. The van der Waals surface area contributed by atoms with Gasteiger partial charge in [-0.1, -0.05) is 31.0 Å². The molecule has 2 aliphatic rings. The first-order chi connectivity index (χ1) is 17.7. The normalized spacial score (nSPS) is 27.9. The lowest BCUT2D eigenvalue weighted by Gasteiger charge is -2.36. The van der Waals surface area contributed by atoms with Crippen molar-refractivity contribution in [2.45, 2.75) is 76.1 Å². The summed E-state index contributed by atoms with van der Waals surface area (Å²) in [5.41, 5.74) is -2.80. The molecule has 0 amide bonds. The predicted octanol–water partition coefficient (Wildman–Crippen LogP) is 3.99. The van der Waals surface area contributed by atoms with E-state index in [1.807, 2.05) is 0 Å². The van der Waals surface area contributed by atoms with Crippen LogP contribution >= 0.6 is 0 Å². The zero-order chi connectivity index (χ0) is 26.2. The molecule has 1 aromatic carbocycles. The van der Waals surface area contributed by atoms with E-state index < -0.39 is 35.5 Å². The number of esters is 2. The van der Waals surface area contributed by atoms with Crippen LogP contribution in [0.15, 0.2) is 43.0 Å². The Hall–Kier alpha value is -3.60. The van der Waals surface area contributed by atoms with Crippen molar-refractivity contribution in [2.75, 3.05) is 11.9 Å². The van der Waals surface area contributed by atoms with Gasteiger partial charge < -0.3 is 19.5 Å². The highest BCUT2D eigenvalue weighted by Crippen LogP contribution is 2.51. The molecule has 3 aromatic rings. The average Bonchev–Trinajstić information content (AvgIpc) is 3.57. The third kappa shape index (κ3) is 4.52. The number of anilines is 1. The molecule has 1 aliphatic carbocycles. The van der Waals surface area contributed by atoms with Crippen molar-refractivity contribution in [2.24, 2.45) is 0 Å². The third-order valence-corrected chi connectivity index (χ3v) is 7.38. The molecular formula is C26H30FN5O5. The zero-order valence-electron chi connectivity index (χ0n) is 21.0. The molecule has 1 saturated heterocycles. The molecule has 0 radical (unpaired) electrons. The zero-order valence-corrected chi connectivity index (χ0v) is 21.0. The van der Waals surface area contributed by atoms with Gasteiger partial charge in [0.05, 0.1) is 11.9 Å². The van der Waals surface area contributed by atoms with Crippen molar-refractivity contribution in [1.82, 2.24) is 19.5 Å². The molecule has 4 atom stereocenters. The number of carbonyl (C=O) groups is 2. The first-order valence-corrected chi connectivity index (χ1v) is 12.4. The van der Waals surface area contributed by atoms with Crippen LogP contribution in [0.4, 0.5) is 10.2 Å². The van der Waals surface area contributed by atoms with E-state index in [0.717, 1.165) is 25.7 Å². The highest BCUT2D eigenvalue weighted by molar-refractivity contribution is 5.89. The van der Waals surface area contributed by atoms with Crippen LogP contribution in [0.1, 0.15) is 63.0 Å². The van der Waals surface area contributed by atoms with Crippen LogP contribution in [0, 0.1) is 0 Å². The third-order valence-electron chi connectivity index (χ3n) is 7.38. The molecule has 3 heterocycles. The molecule has 37 heavy (non-hydrogen) atoms. The first-order valence-electron chi connectivity index (χ1n) is 12.4. The van der Waals surface area contributed by atoms with E-state index in [9.17, 15) is 9.59 Å². The number of fused-ring (bicyclic) bond motifs is 1. The van der Waals surface area contributed by atoms with Crippen LogP contribution in [-0.2, 0) is 19.0 Å². The summed E-state index contributed by atoms with van der Waals surface area (Å²) < 4.78 is 35.2. The summed E-state index contributed by atoms with van der Waals surface area (Å²) in [5, 5.41) is 3.42. The quantitative estimate of drug-likeness (QED) is 0.470. The first kappa shape index (κ1) is 25.1. The highest BCUT2D eigenvalue weighted by Gasteiger charge is 2.66. The predicted molar refractivity (Wildman–Crippen MR) is 132 cm³/mol. The van der Waals surface area contributed by atoms with E-state index in [1.54, 1.807) is 30.3 Å². The van der Waals surface area contributed by atoms with Crippen molar-refractivity contribution < 1.29 is 28.2 Å².